The molecular weight excluding hydrogens is 218 g/mol. The number of carbonyl (C=O) groups is 1. The fourth-order valence-corrected chi connectivity index (χ4v) is 1.35. The number of benzene rings is 1. The maximum Gasteiger partial charge on any atom is 0.338 e. The van der Waals surface area contributed by atoms with Crippen molar-refractivity contribution in [3.05, 3.63) is 35.4 Å². The second-order valence-corrected chi connectivity index (χ2v) is 3.78. The number of hydrogen-bond acceptors (Lipinski definition) is 4. The molecule has 0 fully saturated rings. The molecule has 0 aliphatic carbocycles. The molecule has 0 aliphatic heterocycles. The topological polar surface area (TPSA) is 61.5 Å². The van der Waals surface area contributed by atoms with Gasteiger partial charge in [0, 0.05) is 13.2 Å². The van der Waals surface area contributed by atoms with Crippen molar-refractivity contribution < 1.29 is 14.3 Å². The molecule has 1 unspecified atom stereocenters. The predicted molar refractivity (Wildman–Crippen MR) is 65.7 cm³/mol. The zero-order chi connectivity index (χ0) is 12.7. The number of rotatable bonds is 6. The monoisotopic (exact) mass is 237 g/mol. The normalized spacial score (nSPS) is 12.2. The summed E-state index contributed by atoms with van der Waals surface area (Å²) in [5.41, 5.74) is 7.00. The molecule has 0 saturated carbocycles. The first-order valence-corrected chi connectivity index (χ1v) is 5.75. The molecule has 4 heteroatoms. The quantitative estimate of drug-likeness (QED) is 0.765. The first-order chi connectivity index (χ1) is 8.17. The first kappa shape index (κ1) is 13.7. The molecule has 1 aromatic carbocycles. The van der Waals surface area contributed by atoms with Gasteiger partial charge in [0.15, 0.2) is 0 Å². The van der Waals surface area contributed by atoms with Gasteiger partial charge in [0.05, 0.1) is 12.2 Å². The lowest BCUT2D eigenvalue weighted by atomic mass is 10.1. The van der Waals surface area contributed by atoms with Gasteiger partial charge in [-0.15, -0.1) is 0 Å². The van der Waals surface area contributed by atoms with Crippen molar-refractivity contribution in [2.45, 2.75) is 26.5 Å². The van der Waals surface area contributed by atoms with Gasteiger partial charge < -0.3 is 15.2 Å². The minimum Gasteiger partial charge on any atom is -0.457 e. The summed E-state index contributed by atoms with van der Waals surface area (Å²) in [5.74, 6) is -0.333. The minimum atomic E-state index is -0.333. The molecule has 94 valence electrons. The Morgan fingerprint density at radius 2 is 2.00 bits per heavy atom. The maximum absolute atomic E-state index is 11.7. The van der Waals surface area contributed by atoms with Gasteiger partial charge in [0.25, 0.3) is 0 Å². The SMILES string of the molecule is CCOCC(C)OC(=O)c1ccc(CN)cc1. The van der Waals surface area contributed by atoms with E-state index >= 15 is 0 Å². The van der Waals surface area contributed by atoms with Crippen molar-refractivity contribution in [2.75, 3.05) is 13.2 Å². The van der Waals surface area contributed by atoms with Crippen LogP contribution in [0.25, 0.3) is 0 Å². The average Bonchev–Trinajstić information content (AvgIpc) is 2.36. The molecule has 4 nitrogen and oxygen atoms in total. The van der Waals surface area contributed by atoms with Crippen LogP contribution in [0, 0.1) is 0 Å². The van der Waals surface area contributed by atoms with Crippen molar-refractivity contribution in [1.82, 2.24) is 0 Å². The van der Waals surface area contributed by atoms with Gasteiger partial charge in [0.1, 0.15) is 6.10 Å². The molecule has 0 bridgehead atoms. The van der Waals surface area contributed by atoms with E-state index in [0.717, 1.165) is 5.56 Å². The Labute approximate surface area is 102 Å². The Kier molecular flexibility index (Phi) is 5.66. The lowest BCUT2D eigenvalue weighted by Gasteiger charge is -2.13. The average molecular weight is 237 g/mol. The number of ether oxygens (including phenoxy) is 2. The van der Waals surface area contributed by atoms with Crippen LogP contribution in [0.1, 0.15) is 29.8 Å². The smallest absolute Gasteiger partial charge is 0.338 e. The third-order valence-electron chi connectivity index (χ3n) is 2.29. The zero-order valence-electron chi connectivity index (χ0n) is 10.3. The summed E-state index contributed by atoms with van der Waals surface area (Å²) in [6.45, 7) is 5.22. The van der Waals surface area contributed by atoms with Gasteiger partial charge in [-0.3, -0.25) is 0 Å². The standard InChI is InChI=1S/C13H19NO3/c1-3-16-9-10(2)17-13(15)12-6-4-11(8-14)5-7-12/h4-7,10H,3,8-9,14H2,1-2H3. The van der Waals surface area contributed by atoms with Crippen LogP contribution >= 0.6 is 0 Å². The Balaban J connectivity index is 2.51. The van der Waals surface area contributed by atoms with Crippen molar-refractivity contribution in [2.24, 2.45) is 5.73 Å². The lowest BCUT2D eigenvalue weighted by Crippen LogP contribution is -2.20. The Hall–Kier alpha value is -1.39. The Morgan fingerprint density at radius 3 is 2.53 bits per heavy atom. The highest BCUT2D eigenvalue weighted by atomic mass is 16.6. The third kappa shape index (κ3) is 4.54. The molecular formula is C13H19NO3. The number of hydrogen-bond donors (Lipinski definition) is 1. The van der Waals surface area contributed by atoms with Crippen molar-refractivity contribution >= 4 is 5.97 Å². The zero-order valence-corrected chi connectivity index (χ0v) is 10.3. The van der Waals surface area contributed by atoms with Crippen LogP contribution in [0.2, 0.25) is 0 Å². The van der Waals surface area contributed by atoms with Crippen molar-refractivity contribution in [3.63, 3.8) is 0 Å². The highest BCUT2D eigenvalue weighted by Gasteiger charge is 2.11. The summed E-state index contributed by atoms with van der Waals surface area (Å²) in [6, 6.07) is 7.09. The molecule has 2 N–H and O–H groups in total. The van der Waals surface area contributed by atoms with Crippen LogP contribution in [-0.2, 0) is 16.0 Å². The molecule has 1 atom stereocenters. The molecule has 0 saturated heterocycles. The summed E-state index contributed by atoms with van der Waals surface area (Å²) < 4.78 is 10.4. The molecule has 17 heavy (non-hydrogen) atoms. The lowest BCUT2D eigenvalue weighted by molar-refractivity contribution is 0.00439. The summed E-state index contributed by atoms with van der Waals surface area (Å²) in [7, 11) is 0. The van der Waals surface area contributed by atoms with Crippen molar-refractivity contribution in [1.29, 1.82) is 0 Å². The second kappa shape index (κ2) is 7.04. The van der Waals surface area contributed by atoms with E-state index in [2.05, 4.69) is 0 Å². The summed E-state index contributed by atoms with van der Waals surface area (Å²) in [5, 5.41) is 0. The molecule has 0 spiro atoms. The van der Waals surface area contributed by atoms with Gasteiger partial charge in [-0.05, 0) is 31.5 Å². The van der Waals surface area contributed by atoms with Crippen LogP contribution in [-0.4, -0.2) is 25.3 Å². The van der Waals surface area contributed by atoms with E-state index < -0.39 is 0 Å². The van der Waals surface area contributed by atoms with Crippen LogP contribution in [0.15, 0.2) is 24.3 Å². The largest absolute Gasteiger partial charge is 0.457 e. The van der Waals surface area contributed by atoms with E-state index in [-0.39, 0.29) is 12.1 Å². The Bertz CT molecular complexity index is 348. The van der Waals surface area contributed by atoms with Crippen LogP contribution in [0.4, 0.5) is 0 Å². The summed E-state index contributed by atoms with van der Waals surface area (Å²) in [4.78, 5) is 11.7. The molecule has 0 aromatic heterocycles. The predicted octanol–water partition coefficient (Wildman–Crippen LogP) is 1.73. The van der Waals surface area contributed by atoms with Crippen molar-refractivity contribution in [3.8, 4) is 0 Å². The highest BCUT2D eigenvalue weighted by molar-refractivity contribution is 5.89. The number of nitrogens with two attached hydrogens (primary N) is 1. The maximum atomic E-state index is 11.7. The third-order valence-corrected chi connectivity index (χ3v) is 2.29. The van der Waals surface area contributed by atoms with Crippen LogP contribution in [0.3, 0.4) is 0 Å². The highest BCUT2D eigenvalue weighted by Crippen LogP contribution is 2.07. The minimum absolute atomic E-state index is 0.239. The van der Waals surface area contributed by atoms with Crippen LogP contribution < -0.4 is 5.73 Å². The molecule has 0 heterocycles. The fourth-order valence-electron chi connectivity index (χ4n) is 1.35. The van der Waals surface area contributed by atoms with Gasteiger partial charge in [-0.2, -0.15) is 0 Å². The van der Waals surface area contributed by atoms with E-state index in [4.69, 9.17) is 15.2 Å². The van der Waals surface area contributed by atoms with Gasteiger partial charge in [0.2, 0.25) is 0 Å². The van der Waals surface area contributed by atoms with E-state index in [0.29, 0.717) is 25.3 Å². The molecule has 0 amide bonds. The van der Waals surface area contributed by atoms with E-state index in [1.807, 2.05) is 26.0 Å². The van der Waals surface area contributed by atoms with E-state index in [9.17, 15) is 4.79 Å². The molecule has 0 radical (unpaired) electrons. The number of esters is 1. The molecule has 1 aromatic rings. The Morgan fingerprint density at radius 1 is 1.35 bits per heavy atom. The molecule has 1 rings (SSSR count). The molecule has 0 aliphatic rings. The van der Waals surface area contributed by atoms with Gasteiger partial charge in [-0.1, -0.05) is 12.1 Å². The van der Waals surface area contributed by atoms with Crippen LogP contribution in [0.5, 0.6) is 0 Å². The second-order valence-electron chi connectivity index (χ2n) is 3.78. The van der Waals surface area contributed by atoms with E-state index in [1.54, 1.807) is 12.1 Å². The first-order valence-electron chi connectivity index (χ1n) is 5.75. The van der Waals surface area contributed by atoms with E-state index in [1.165, 1.54) is 0 Å². The van der Waals surface area contributed by atoms with Gasteiger partial charge >= 0.3 is 5.97 Å². The fraction of sp³-hybridized carbons (Fsp3) is 0.462. The van der Waals surface area contributed by atoms with Gasteiger partial charge in [-0.25, -0.2) is 4.79 Å². The number of carbonyl (C=O) groups excluding carboxylic acids is 1. The summed E-state index contributed by atoms with van der Waals surface area (Å²) >= 11 is 0. The summed E-state index contributed by atoms with van der Waals surface area (Å²) in [6.07, 6.45) is -0.239.